The molecule has 1 fully saturated rings. The Kier molecular flexibility index (Phi) is 16.2. The third kappa shape index (κ3) is 12.2. The lowest BCUT2D eigenvalue weighted by molar-refractivity contribution is -0.150. The number of likely N-dealkylation sites (tertiary alicyclic amines) is 1. The highest BCUT2D eigenvalue weighted by molar-refractivity contribution is 7.13. The van der Waals surface area contributed by atoms with Crippen LogP contribution in [0.4, 0.5) is 4.39 Å². The predicted octanol–water partition coefficient (Wildman–Crippen LogP) is 11.9. The van der Waals surface area contributed by atoms with Crippen LogP contribution in [0.3, 0.4) is 0 Å². The van der Waals surface area contributed by atoms with Crippen molar-refractivity contribution in [2.75, 3.05) is 6.54 Å². The lowest BCUT2D eigenvalue weighted by Gasteiger charge is -2.45. The molecule has 1 aliphatic heterocycles. The number of pyridine rings is 1. The average Bonchev–Trinajstić information content (AvgIpc) is 3.88. The Bertz CT molecular complexity index is 2560. The number of hydrogen-bond acceptors (Lipinski definition) is 9. The number of nitrogens with zero attached hydrogens (tertiary/aromatic N) is 5. The van der Waals surface area contributed by atoms with Crippen LogP contribution in [0, 0.1) is 43.3 Å². The van der Waals surface area contributed by atoms with E-state index in [0.717, 1.165) is 81.6 Å². The maximum atomic E-state index is 15.2. The number of nitrogens with one attached hydrogen (secondary N) is 1. The van der Waals surface area contributed by atoms with Crippen LogP contribution in [0.5, 0.6) is 0 Å². The molecule has 4 atom stereocenters. The first-order valence-electron chi connectivity index (χ1n) is 24.3. The summed E-state index contributed by atoms with van der Waals surface area (Å²) in [6.07, 6.45) is 8.31. The molecule has 1 saturated heterocycles. The Morgan fingerprint density at radius 2 is 1.60 bits per heavy atom. The van der Waals surface area contributed by atoms with Gasteiger partial charge in [0, 0.05) is 60.0 Å². The number of fused-ring (bicyclic) bond motifs is 1. The lowest BCUT2D eigenvalue weighted by Crippen LogP contribution is -2.53. The second-order valence-corrected chi connectivity index (χ2v) is 22.4. The van der Waals surface area contributed by atoms with E-state index in [1.807, 2.05) is 63.5 Å². The predicted molar refractivity (Wildman–Crippen MR) is 268 cm³/mol. The number of benzene rings is 2. The number of unbranched alkanes of at least 4 members (excludes halogenated alkanes) is 4. The third-order valence-corrected chi connectivity index (χ3v) is 14.9. The van der Waals surface area contributed by atoms with Crippen LogP contribution in [0.15, 0.2) is 54.2 Å². The van der Waals surface area contributed by atoms with Gasteiger partial charge in [0.1, 0.15) is 23.5 Å². The summed E-state index contributed by atoms with van der Waals surface area (Å²) in [6, 6.07) is 12.3. The standard InChI is InChI=1S/C55H73FN6O4S/c1-13-14-15-16-17-18-41(63)26-39-27-43(33(2)25-45(39)56)44-28-40-30-57-52(61-49(40)59-35(44)4)55(11,12)24-23-54(9,10)48(53(6,7)8)51(66)62-31-42(64)29-46(62)50(65)60-34(3)37-19-21-38(22-20-37)47-36(5)58-32-67-47/h19-22,25,27-28,30,32,34,42,46,48,64H,13-18,23-24,26,29,31H2,1-12H3,(H,60,65)/t34-,42+,46-,48-/m0/s1. The molecule has 1 aliphatic rings. The highest BCUT2D eigenvalue weighted by Crippen LogP contribution is 2.47. The summed E-state index contributed by atoms with van der Waals surface area (Å²) in [6.45, 7) is 24.7. The number of ketones is 1. The third-order valence-electron chi connectivity index (χ3n) is 13.9. The highest BCUT2D eigenvalue weighted by Gasteiger charge is 2.49. The molecular weight excluding hydrogens is 860 g/mol. The fourth-order valence-corrected chi connectivity index (χ4v) is 11.0. The van der Waals surface area contributed by atoms with E-state index in [1.54, 1.807) is 28.5 Å². The molecule has 0 saturated carbocycles. The summed E-state index contributed by atoms with van der Waals surface area (Å²) in [7, 11) is 0. The van der Waals surface area contributed by atoms with Crippen LogP contribution in [-0.2, 0) is 26.2 Å². The van der Waals surface area contributed by atoms with E-state index in [4.69, 9.17) is 15.0 Å². The van der Waals surface area contributed by atoms with Crippen LogP contribution < -0.4 is 5.32 Å². The summed E-state index contributed by atoms with van der Waals surface area (Å²) in [5.41, 5.74) is 7.53. The monoisotopic (exact) mass is 933 g/mol. The Balaban J connectivity index is 1.15. The number of aryl methyl sites for hydroxylation is 3. The fraction of sp³-hybridized carbons (Fsp3) is 0.545. The number of carbonyl (C=O) groups excluding carboxylic acids is 3. The van der Waals surface area contributed by atoms with Crippen LogP contribution in [0.1, 0.15) is 160 Å². The number of β-amino-alcohol motifs (C(OH)–C–C–N with tert-alkyl or cyclic N) is 1. The normalized spacial score (nSPS) is 16.7. The summed E-state index contributed by atoms with van der Waals surface area (Å²) in [4.78, 5) is 63.6. The van der Waals surface area contributed by atoms with Gasteiger partial charge in [-0.2, -0.15) is 0 Å². The van der Waals surface area contributed by atoms with Crippen molar-refractivity contribution < 1.29 is 23.9 Å². The molecule has 12 heteroatoms. The lowest BCUT2D eigenvalue weighted by atomic mass is 9.62. The molecule has 360 valence electrons. The van der Waals surface area contributed by atoms with Crippen LogP contribution >= 0.6 is 11.3 Å². The van der Waals surface area contributed by atoms with E-state index in [0.29, 0.717) is 36.3 Å². The van der Waals surface area contributed by atoms with Gasteiger partial charge in [-0.3, -0.25) is 14.4 Å². The molecule has 0 unspecified atom stereocenters. The number of thiazole rings is 1. The Labute approximate surface area is 402 Å². The maximum absolute atomic E-state index is 15.2. The minimum atomic E-state index is -0.805. The van der Waals surface area contributed by atoms with Crippen molar-refractivity contribution in [1.82, 2.24) is 30.2 Å². The number of aliphatic hydroxyl groups excluding tert-OH is 1. The zero-order chi connectivity index (χ0) is 49.0. The van der Waals surface area contributed by atoms with E-state index < -0.39 is 34.3 Å². The molecule has 2 amide bonds. The molecule has 0 aliphatic carbocycles. The van der Waals surface area contributed by atoms with E-state index in [-0.39, 0.29) is 48.8 Å². The van der Waals surface area contributed by atoms with Gasteiger partial charge in [-0.25, -0.2) is 24.3 Å². The highest BCUT2D eigenvalue weighted by atomic mass is 32.1. The number of aromatic nitrogens is 4. The summed E-state index contributed by atoms with van der Waals surface area (Å²) in [5.74, 6) is -0.544. The summed E-state index contributed by atoms with van der Waals surface area (Å²) >= 11 is 1.60. The SMILES string of the molecule is CCCCCCCC(=O)Cc1cc(-c2cc3cnc(C(C)(C)CCC(C)(C)[C@@H](C(=O)N4C[C@H](O)C[C@H]4C(=O)N[C@@H](C)c4ccc(-c5scnc5C)cc4)C(C)(C)C)nc3nc2C)c(C)cc1F. The number of aliphatic hydroxyl groups is 1. The zero-order valence-electron chi connectivity index (χ0n) is 42.0. The Morgan fingerprint density at radius 3 is 2.25 bits per heavy atom. The van der Waals surface area contributed by atoms with Crippen LogP contribution in [0.25, 0.3) is 32.6 Å². The molecule has 10 nitrogen and oxygen atoms in total. The molecule has 0 bridgehead atoms. The van der Waals surface area contributed by atoms with Crippen molar-refractivity contribution in [3.8, 4) is 21.6 Å². The zero-order valence-corrected chi connectivity index (χ0v) is 42.8. The van der Waals surface area contributed by atoms with Crippen LogP contribution in [-0.4, -0.2) is 66.2 Å². The average molecular weight is 933 g/mol. The van der Waals surface area contributed by atoms with E-state index in [2.05, 4.69) is 65.7 Å². The molecule has 2 aromatic carbocycles. The molecule has 0 spiro atoms. The van der Waals surface area contributed by atoms with Crippen molar-refractivity contribution in [2.24, 2.45) is 16.7 Å². The molecular formula is C55H73FN6O4S. The van der Waals surface area contributed by atoms with Gasteiger partial charge in [0.25, 0.3) is 0 Å². The quantitative estimate of drug-likeness (QED) is 0.0781. The van der Waals surface area contributed by atoms with Crippen molar-refractivity contribution in [3.05, 3.63) is 93.9 Å². The largest absolute Gasteiger partial charge is 0.391 e. The minimum Gasteiger partial charge on any atom is -0.391 e. The minimum absolute atomic E-state index is 0.0534. The summed E-state index contributed by atoms with van der Waals surface area (Å²) in [5, 5.41) is 14.8. The van der Waals surface area contributed by atoms with E-state index in [1.165, 1.54) is 6.07 Å². The van der Waals surface area contributed by atoms with Gasteiger partial charge in [-0.15, -0.1) is 11.3 Å². The molecule has 6 rings (SSSR count). The maximum Gasteiger partial charge on any atom is 0.243 e. The number of amides is 2. The second kappa shape index (κ2) is 21.1. The number of halogens is 1. The van der Waals surface area contributed by atoms with Gasteiger partial charge in [-0.1, -0.05) is 105 Å². The van der Waals surface area contributed by atoms with Gasteiger partial charge < -0.3 is 15.3 Å². The Hall–Kier alpha value is -4.94. The molecule has 5 aromatic rings. The smallest absolute Gasteiger partial charge is 0.243 e. The Morgan fingerprint density at radius 1 is 0.896 bits per heavy atom. The van der Waals surface area contributed by atoms with Gasteiger partial charge >= 0.3 is 0 Å². The first-order chi connectivity index (χ1) is 31.5. The number of carbonyl (C=O) groups is 3. The second-order valence-electron chi connectivity index (χ2n) is 21.6. The first-order valence-corrected chi connectivity index (χ1v) is 25.1. The first kappa shape index (κ1) is 51.5. The van der Waals surface area contributed by atoms with Crippen molar-refractivity contribution in [1.29, 1.82) is 0 Å². The molecule has 4 heterocycles. The van der Waals surface area contributed by atoms with Crippen molar-refractivity contribution in [2.45, 2.75) is 171 Å². The topological polar surface area (TPSA) is 138 Å². The number of Topliss-reactive ketones (excluding diaryl/α,β-unsaturated/α-hetero) is 1. The van der Waals surface area contributed by atoms with Gasteiger partial charge in [0.05, 0.1) is 28.2 Å². The van der Waals surface area contributed by atoms with E-state index in [9.17, 15) is 19.5 Å². The molecule has 2 N–H and O–H groups in total. The number of rotatable bonds is 19. The van der Waals surface area contributed by atoms with E-state index >= 15 is 4.39 Å². The van der Waals surface area contributed by atoms with Crippen molar-refractivity contribution >= 4 is 40.0 Å². The van der Waals surface area contributed by atoms with Crippen LogP contribution in [0.2, 0.25) is 0 Å². The van der Waals surface area contributed by atoms with Crippen molar-refractivity contribution in [3.63, 3.8) is 0 Å². The van der Waals surface area contributed by atoms with Gasteiger partial charge in [-0.05, 0) is 104 Å². The molecule has 3 aromatic heterocycles. The molecule has 67 heavy (non-hydrogen) atoms. The molecule has 0 radical (unpaired) electrons. The number of hydrogen-bond donors (Lipinski definition) is 2. The van der Waals surface area contributed by atoms with Gasteiger partial charge in [0.15, 0.2) is 5.65 Å². The van der Waals surface area contributed by atoms with Gasteiger partial charge in [0.2, 0.25) is 11.8 Å². The fourth-order valence-electron chi connectivity index (χ4n) is 10.2. The summed E-state index contributed by atoms with van der Waals surface area (Å²) < 4.78 is 15.2.